The molecule has 1 atom stereocenters. The molecule has 0 radical (unpaired) electrons. The van der Waals surface area contributed by atoms with Crippen molar-refractivity contribution in [2.24, 2.45) is 0 Å². The zero-order valence-electron chi connectivity index (χ0n) is 11.1. The Bertz CT molecular complexity index is 367. The first-order chi connectivity index (χ1) is 8.52. The second-order valence-corrected chi connectivity index (χ2v) is 4.89. The maximum Gasteiger partial charge on any atom is 0.244 e. The number of carbonyl (C=O) groups excluding carboxylic acids is 1. The van der Waals surface area contributed by atoms with E-state index >= 15 is 0 Å². The van der Waals surface area contributed by atoms with Gasteiger partial charge in [0.2, 0.25) is 5.91 Å². The normalized spacial score (nSPS) is 12.5. The largest absolute Gasteiger partial charge is 0.377 e. The van der Waals surface area contributed by atoms with Crippen LogP contribution in [0.2, 0.25) is 0 Å². The van der Waals surface area contributed by atoms with Crippen LogP contribution in [0.15, 0.2) is 30.3 Å². The molecule has 0 spiro atoms. The number of hydrogen-bond donors (Lipinski definition) is 0. The van der Waals surface area contributed by atoms with Gasteiger partial charge < -0.3 is 9.64 Å². The lowest BCUT2D eigenvalue weighted by molar-refractivity contribution is -0.130. The van der Waals surface area contributed by atoms with Gasteiger partial charge in [-0.05, 0) is 19.4 Å². The fourth-order valence-corrected chi connectivity index (χ4v) is 1.81. The predicted octanol–water partition coefficient (Wildman–Crippen LogP) is 2.85. The molecule has 0 saturated carbocycles. The van der Waals surface area contributed by atoms with E-state index in [4.69, 9.17) is 16.3 Å². The van der Waals surface area contributed by atoms with E-state index in [1.165, 1.54) is 0 Å². The average molecular weight is 270 g/mol. The molecule has 1 unspecified atom stereocenters. The maximum absolute atomic E-state index is 12.1. The van der Waals surface area contributed by atoms with Crippen LogP contribution in [0.25, 0.3) is 0 Å². The Labute approximate surface area is 114 Å². The van der Waals surface area contributed by atoms with Crippen LogP contribution in [-0.4, -0.2) is 37.1 Å². The summed E-state index contributed by atoms with van der Waals surface area (Å²) in [6.07, 6.45) is 0.175. The molecule has 0 saturated heterocycles. The number of amides is 1. The molecule has 0 aliphatic rings. The Morgan fingerprint density at radius 3 is 2.50 bits per heavy atom. The molecule has 0 aromatic heterocycles. The zero-order valence-corrected chi connectivity index (χ0v) is 11.9. The van der Waals surface area contributed by atoms with Crippen molar-refractivity contribution in [3.05, 3.63) is 35.9 Å². The molecule has 4 heteroatoms. The third kappa shape index (κ3) is 4.67. The quantitative estimate of drug-likeness (QED) is 0.743. The van der Waals surface area contributed by atoms with Gasteiger partial charge in [-0.3, -0.25) is 4.79 Å². The molecule has 1 amide bonds. The highest BCUT2D eigenvalue weighted by atomic mass is 35.5. The van der Waals surface area contributed by atoms with Crippen molar-refractivity contribution in [2.75, 3.05) is 20.2 Å². The van der Waals surface area contributed by atoms with E-state index in [9.17, 15) is 4.79 Å². The summed E-state index contributed by atoms with van der Waals surface area (Å²) in [5, 5.41) is -0.629. The van der Waals surface area contributed by atoms with E-state index in [1.54, 1.807) is 11.9 Å². The summed E-state index contributed by atoms with van der Waals surface area (Å²) >= 11 is 6.16. The molecule has 0 aliphatic carbocycles. The summed E-state index contributed by atoms with van der Waals surface area (Å²) in [6.45, 7) is 5.01. The first-order valence-corrected chi connectivity index (χ1v) is 6.51. The highest BCUT2D eigenvalue weighted by Crippen LogP contribution is 2.21. The van der Waals surface area contributed by atoms with E-state index in [-0.39, 0.29) is 12.0 Å². The second kappa shape index (κ2) is 7.39. The number of carbonyl (C=O) groups is 1. The minimum Gasteiger partial charge on any atom is -0.377 e. The monoisotopic (exact) mass is 269 g/mol. The number of ether oxygens (including phenoxy) is 1. The highest BCUT2D eigenvalue weighted by Gasteiger charge is 2.20. The van der Waals surface area contributed by atoms with Gasteiger partial charge in [0.25, 0.3) is 0 Å². The van der Waals surface area contributed by atoms with Crippen LogP contribution in [0, 0.1) is 0 Å². The molecular formula is C14H20ClNO2. The molecule has 1 aromatic carbocycles. The minimum atomic E-state index is -0.629. The Morgan fingerprint density at radius 1 is 1.33 bits per heavy atom. The SMILES string of the molecule is CC(C)OCCN(C)C(=O)C(Cl)c1ccccc1. The number of likely N-dealkylation sites (N-methyl/N-ethyl adjacent to an activating group) is 1. The van der Waals surface area contributed by atoms with Crippen LogP contribution >= 0.6 is 11.6 Å². The van der Waals surface area contributed by atoms with Crippen LogP contribution < -0.4 is 0 Å². The van der Waals surface area contributed by atoms with Crippen molar-refractivity contribution in [1.29, 1.82) is 0 Å². The molecule has 0 fully saturated rings. The third-order valence-corrected chi connectivity index (χ3v) is 3.00. The lowest BCUT2D eigenvalue weighted by Crippen LogP contribution is -2.33. The fourth-order valence-electron chi connectivity index (χ4n) is 1.49. The highest BCUT2D eigenvalue weighted by molar-refractivity contribution is 6.30. The maximum atomic E-state index is 12.1. The summed E-state index contributed by atoms with van der Waals surface area (Å²) in [4.78, 5) is 13.7. The van der Waals surface area contributed by atoms with Crippen molar-refractivity contribution in [2.45, 2.75) is 25.3 Å². The number of nitrogens with zero attached hydrogens (tertiary/aromatic N) is 1. The molecule has 100 valence electrons. The molecule has 0 heterocycles. The molecule has 18 heavy (non-hydrogen) atoms. The molecular weight excluding hydrogens is 250 g/mol. The van der Waals surface area contributed by atoms with Crippen LogP contribution in [-0.2, 0) is 9.53 Å². The summed E-state index contributed by atoms with van der Waals surface area (Å²) in [6, 6.07) is 9.36. The van der Waals surface area contributed by atoms with E-state index < -0.39 is 5.38 Å². The lowest BCUT2D eigenvalue weighted by atomic mass is 10.1. The van der Waals surface area contributed by atoms with Crippen LogP contribution in [0.3, 0.4) is 0 Å². The molecule has 0 aliphatic heterocycles. The Kier molecular flexibility index (Phi) is 6.16. The Morgan fingerprint density at radius 2 is 1.94 bits per heavy atom. The first-order valence-electron chi connectivity index (χ1n) is 6.08. The topological polar surface area (TPSA) is 29.5 Å². The van der Waals surface area contributed by atoms with Crippen molar-refractivity contribution in [3.63, 3.8) is 0 Å². The van der Waals surface area contributed by atoms with Gasteiger partial charge in [-0.15, -0.1) is 11.6 Å². The number of rotatable bonds is 6. The first kappa shape index (κ1) is 15.0. The molecule has 0 bridgehead atoms. The summed E-state index contributed by atoms with van der Waals surface area (Å²) < 4.78 is 5.41. The van der Waals surface area contributed by atoms with Gasteiger partial charge >= 0.3 is 0 Å². The summed E-state index contributed by atoms with van der Waals surface area (Å²) in [5.41, 5.74) is 0.820. The van der Waals surface area contributed by atoms with Gasteiger partial charge in [0.15, 0.2) is 0 Å². The summed E-state index contributed by atoms with van der Waals surface area (Å²) in [7, 11) is 1.74. The van der Waals surface area contributed by atoms with Crippen LogP contribution in [0.1, 0.15) is 24.8 Å². The van der Waals surface area contributed by atoms with Crippen molar-refractivity contribution >= 4 is 17.5 Å². The molecule has 1 aromatic rings. The van der Waals surface area contributed by atoms with E-state index in [1.807, 2.05) is 44.2 Å². The molecule has 1 rings (SSSR count). The van der Waals surface area contributed by atoms with Gasteiger partial charge in [-0.25, -0.2) is 0 Å². The van der Waals surface area contributed by atoms with Gasteiger partial charge in [0.1, 0.15) is 5.38 Å². The molecule has 3 nitrogen and oxygen atoms in total. The van der Waals surface area contributed by atoms with Gasteiger partial charge in [-0.2, -0.15) is 0 Å². The summed E-state index contributed by atoms with van der Waals surface area (Å²) in [5.74, 6) is -0.102. The van der Waals surface area contributed by atoms with Crippen molar-refractivity contribution in [3.8, 4) is 0 Å². The van der Waals surface area contributed by atoms with Crippen molar-refractivity contribution < 1.29 is 9.53 Å². The van der Waals surface area contributed by atoms with Crippen molar-refractivity contribution in [1.82, 2.24) is 4.90 Å². The number of hydrogen-bond acceptors (Lipinski definition) is 2. The molecule has 0 N–H and O–H groups in total. The third-order valence-electron chi connectivity index (χ3n) is 2.56. The zero-order chi connectivity index (χ0) is 13.5. The van der Waals surface area contributed by atoms with E-state index in [2.05, 4.69) is 0 Å². The van der Waals surface area contributed by atoms with Gasteiger partial charge in [0, 0.05) is 13.6 Å². The minimum absolute atomic E-state index is 0.102. The van der Waals surface area contributed by atoms with Gasteiger partial charge in [-0.1, -0.05) is 30.3 Å². The standard InChI is InChI=1S/C14H20ClNO2/c1-11(2)18-10-9-16(3)14(17)13(15)12-7-5-4-6-8-12/h4-8,11,13H,9-10H2,1-3H3. The van der Waals surface area contributed by atoms with Gasteiger partial charge in [0.05, 0.1) is 12.7 Å². The second-order valence-electron chi connectivity index (χ2n) is 4.45. The Hall–Kier alpha value is -1.06. The number of benzene rings is 1. The average Bonchev–Trinajstić information content (AvgIpc) is 2.37. The predicted molar refractivity (Wildman–Crippen MR) is 73.8 cm³/mol. The fraction of sp³-hybridized carbons (Fsp3) is 0.500. The van der Waals surface area contributed by atoms with E-state index in [0.717, 1.165) is 5.56 Å². The van der Waals surface area contributed by atoms with E-state index in [0.29, 0.717) is 13.2 Å². The Balaban J connectivity index is 2.48. The van der Waals surface area contributed by atoms with Crippen LogP contribution in [0.5, 0.6) is 0 Å². The smallest absolute Gasteiger partial charge is 0.244 e. The number of alkyl halides is 1. The number of halogens is 1. The van der Waals surface area contributed by atoms with Crippen LogP contribution in [0.4, 0.5) is 0 Å². The lowest BCUT2D eigenvalue weighted by Gasteiger charge is -2.21.